The van der Waals surface area contributed by atoms with Crippen LogP contribution in [0.2, 0.25) is 0 Å². The van der Waals surface area contributed by atoms with Crippen LogP contribution in [-0.4, -0.2) is 17.1 Å². The van der Waals surface area contributed by atoms with Gasteiger partial charge in [-0.2, -0.15) is 0 Å². The second kappa shape index (κ2) is 6.55. The molecule has 2 aromatic rings. The third kappa shape index (κ3) is 3.70. The highest BCUT2D eigenvalue weighted by molar-refractivity contribution is 6.45. The molecule has 0 fully saturated rings. The molecule has 0 saturated carbocycles. The van der Waals surface area contributed by atoms with Crippen molar-refractivity contribution in [3.8, 4) is 0 Å². The molecule has 0 saturated heterocycles. The molecule has 0 aliphatic rings. The predicted molar refractivity (Wildman–Crippen MR) is 85.0 cm³/mol. The molecule has 0 aromatic heterocycles. The number of anilines is 1. The van der Waals surface area contributed by atoms with Gasteiger partial charge in [0.1, 0.15) is 0 Å². The lowest BCUT2D eigenvalue weighted by Crippen LogP contribution is -2.30. The number of ketones is 1. The number of carbonyl (C=O) groups is 2. The van der Waals surface area contributed by atoms with Crippen molar-refractivity contribution in [1.82, 2.24) is 0 Å². The molecule has 0 heterocycles. The summed E-state index contributed by atoms with van der Waals surface area (Å²) in [5.41, 5.74) is 3.26. The summed E-state index contributed by atoms with van der Waals surface area (Å²) >= 11 is 5.98. The maximum absolute atomic E-state index is 12.1. The second-order valence-electron chi connectivity index (χ2n) is 4.88. The first kappa shape index (κ1) is 15.3. The molecule has 4 heteroatoms. The molecule has 108 valence electrons. The third-order valence-electron chi connectivity index (χ3n) is 3.29. The van der Waals surface area contributed by atoms with Crippen molar-refractivity contribution in [3.63, 3.8) is 0 Å². The lowest BCUT2D eigenvalue weighted by atomic mass is 10.1. The number of aryl methyl sites for hydroxylation is 2. The number of rotatable bonds is 4. The predicted octanol–water partition coefficient (Wildman–Crippen LogP) is 3.73. The molecule has 21 heavy (non-hydrogen) atoms. The van der Waals surface area contributed by atoms with E-state index in [1.165, 1.54) is 0 Å². The van der Waals surface area contributed by atoms with E-state index in [0.717, 1.165) is 11.1 Å². The Morgan fingerprint density at radius 1 is 1.00 bits per heavy atom. The van der Waals surface area contributed by atoms with Crippen LogP contribution in [0.4, 0.5) is 5.69 Å². The summed E-state index contributed by atoms with van der Waals surface area (Å²) in [5.74, 6) is -0.924. The minimum Gasteiger partial charge on any atom is -0.324 e. The van der Waals surface area contributed by atoms with Gasteiger partial charge in [0.25, 0.3) is 0 Å². The van der Waals surface area contributed by atoms with Crippen LogP contribution in [0.25, 0.3) is 0 Å². The minimum absolute atomic E-state index is 0.404. The van der Waals surface area contributed by atoms with Crippen molar-refractivity contribution in [3.05, 3.63) is 65.2 Å². The molecule has 0 bridgehead atoms. The van der Waals surface area contributed by atoms with Gasteiger partial charge in [0.05, 0.1) is 0 Å². The van der Waals surface area contributed by atoms with Crippen LogP contribution in [0.3, 0.4) is 0 Å². The van der Waals surface area contributed by atoms with E-state index in [-0.39, 0.29) is 0 Å². The van der Waals surface area contributed by atoms with Gasteiger partial charge in [0.2, 0.25) is 5.91 Å². The van der Waals surface area contributed by atoms with Gasteiger partial charge in [-0.25, -0.2) is 0 Å². The number of hydrogen-bond acceptors (Lipinski definition) is 2. The number of benzene rings is 2. The number of hydrogen-bond donors (Lipinski definition) is 1. The van der Waals surface area contributed by atoms with E-state index in [0.29, 0.717) is 11.3 Å². The molecule has 0 radical (unpaired) electrons. The molecular weight excluding hydrogens is 286 g/mol. The van der Waals surface area contributed by atoms with E-state index in [4.69, 9.17) is 11.6 Å². The topological polar surface area (TPSA) is 46.2 Å². The molecule has 0 unspecified atom stereocenters. The average Bonchev–Trinajstić information content (AvgIpc) is 2.50. The van der Waals surface area contributed by atoms with Crippen LogP contribution in [0, 0.1) is 13.8 Å². The maximum atomic E-state index is 12.1. The summed E-state index contributed by atoms with van der Waals surface area (Å²) in [4.78, 5) is 24.2. The summed E-state index contributed by atoms with van der Waals surface area (Å²) in [5, 5.41) is 1.43. The van der Waals surface area contributed by atoms with Gasteiger partial charge in [-0.1, -0.05) is 36.4 Å². The summed E-state index contributed by atoms with van der Waals surface area (Å²) < 4.78 is 0. The van der Waals surface area contributed by atoms with E-state index < -0.39 is 17.1 Å². The number of alkyl halides is 1. The Morgan fingerprint density at radius 2 is 1.67 bits per heavy atom. The first-order chi connectivity index (χ1) is 9.99. The largest absolute Gasteiger partial charge is 0.324 e. The van der Waals surface area contributed by atoms with Crippen LogP contribution >= 0.6 is 11.6 Å². The number of halogens is 1. The molecule has 2 aromatic carbocycles. The Morgan fingerprint density at radius 3 is 2.29 bits per heavy atom. The monoisotopic (exact) mass is 301 g/mol. The van der Waals surface area contributed by atoms with Crippen molar-refractivity contribution >= 4 is 29.0 Å². The van der Waals surface area contributed by atoms with Gasteiger partial charge >= 0.3 is 0 Å². The first-order valence-corrected chi connectivity index (χ1v) is 7.04. The van der Waals surface area contributed by atoms with Crippen LogP contribution in [0.1, 0.15) is 21.5 Å². The van der Waals surface area contributed by atoms with E-state index >= 15 is 0 Å². The Hall–Kier alpha value is -2.13. The van der Waals surface area contributed by atoms with Crippen LogP contribution in [0.5, 0.6) is 0 Å². The molecule has 1 amide bonds. The fourth-order valence-electron chi connectivity index (χ4n) is 1.89. The molecular formula is C17H16ClNO2. The average molecular weight is 302 g/mol. The zero-order chi connectivity index (χ0) is 15.4. The summed E-state index contributed by atoms with van der Waals surface area (Å²) in [7, 11) is 0. The summed E-state index contributed by atoms with van der Waals surface area (Å²) in [6.07, 6.45) is 0. The molecule has 0 aliphatic heterocycles. The number of amides is 1. The van der Waals surface area contributed by atoms with Gasteiger partial charge in [-0.05, 0) is 37.1 Å². The standard InChI is InChI=1S/C17H16ClNO2/c1-11-8-9-14(10-12(11)2)19-17(21)15(18)16(20)13-6-4-3-5-7-13/h3-10,15H,1-2H3,(H,19,21)/t15-/m0/s1. The zero-order valence-corrected chi connectivity index (χ0v) is 12.6. The van der Waals surface area contributed by atoms with Gasteiger partial charge in [0.15, 0.2) is 11.2 Å². The van der Waals surface area contributed by atoms with Gasteiger partial charge < -0.3 is 5.32 Å². The Balaban J connectivity index is 2.09. The smallest absolute Gasteiger partial charge is 0.250 e. The van der Waals surface area contributed by atoms with E-state index in [2.05, 4.69) is 5.32 Å². The number of nitrogens with one attached hydrogen (secondary N) is 1. The highest BCUT2D eigenvalue weighted by atomic mass is 35.5. The minimum atomic E-state index is -1.24. The molecule has 1 atom stereocenters. The van der Waals surface area contributed by atoms with Crippen LogP contribution in [-0.2, 0) is 4.79 Å². The van der Waals surface area contributed by atoms with Crippen LogP contribution in [0.15, 0.2) is 48.5 Å². The Labute approximate surface area is 128 Å². The fraction of sp³-hybridized carbons (Fsp3) is 0.176. The fourth-order valence-corrected chi connectivity index (χ4v) is 2.07. The second-order valence-corrected chi connectivity index (χ2v) is 5.32. The molecule has 3 nitrogen and oxygen atoms in total. The molecule has 0 spiro atoms. The van der Waals surface area contributed by atoms with E-state index in [9.17, 15) is 9.59 Å². The SMILES string of the molecule is Cc1ccc(NC(=O)[C@@H](Cl)C(=O)c2ccccc2)cc1C. The summed E-state index contributed by atoms with van der Waals surface area (Å²) in [6, 6.07) is 14.1. The van der Waals surface area contributed by atoms with Gasteiger partial charge in [0, 0.05) is 11.3 Å². The number of Topliss-reactive ketones (excluding diaryl/α,β-unsaturated/α-hetero) is 1. The lowest BCUT2D eigenvalue weighted by Gasteiger charge is -2.11. The van der Waals surface area contributed by atoms with Crippen LogP contribution < -0.4 is 5.32 Å². The molecule has 0 aliphatic carbocycles. The maximum Gasteiger partial charge on any atom is 0.250 e. The van der Waals surface area contributed by atoms with E-state index in [1.54, 1.807) is 36.4 Å². The Bertz CT molecular complexity index is 668. The lowest BCUT2D eigenvalue weighted by molar-refractivity contribution is -0.115. The Kier molecular flexibility index (Phi) is 4.76. The van der Waals surface area contributed by atoms with Gasteiger partial charge in [-0.15, -0.1) is 11.6 Å². The highest BCUT2D eigenvalue weighted by Crippen LogP contribution is 2.16. The number of carbonyl (C=O) groups excluding carboxylic acids is 2. The van der Waals surface area contributed by atoms with Crippen molar-refractivity contribution < 1.29 is 9.59 Å². The van der Waals surface area contributed by atoms with E-state index in [1.807, 2.05) is 26.0 Å². The molecule has 2 rings (SSSR count). The summed E-state index contributed by atoms with van der Waals surface area (Å²) in [6.45, 7) is 3.95. The third-order valence-corrected chi connectivity index (χ3v) is 3.69. The highest BCUT2D eigenvalue weighted by Gasteiger charge is 2.25. The zero-order valence-electron chi connectivity index (χ0n) is 11.9. The first-order valence-electron chi connectivity index (χ1n) is 6.60. The normalized spacial score (nSPS) is 11.8. The van der Waals surface area contributed by atoms with Crippen molar-refractivity contribution in [2.75, 3.05) is 5.32 Å². The van der Waals surface area contributed by atoms with Crippen molar-refractivity contribution in [2.45, 2.75) is 19.2 Å². The quantitative estimate of drug-likeness (QED) is 0.531. The van der Waals surface area contributed by atoms with Crippen molar-refractivity contribution in [1.29, 1.82) is 0 Å². The molecule has 1 N–H and O–H groups in total. The van der Waals surface area contributed by atoms with Crippen molar-refractivity contribution in [2.24, 2.45) is 0 Å². The van der Waals surface area contributed by atoms with Gasteiger partial charge in [-0.3, -0.25) is 9.59 Å².